The highest BCUT2D eigenvalue weighted by Gasteiger charge is 2.13. The Kier molecular flexibility index (Phi) is 14.4. The molecule has 140 valence electrons. The Morgan fingerprint density at radius 2 is 1.68 bits per heavy atom. The van der Waals surface area contributed by atoms with E-state index < -0.39 is 5.60 Å². The van der Waals surface area contributed by atoms with Gasteiger partial charge in [0.05, 0.1) is 0 Å². The minimum absolute atomic E-state index is 0.373. The molecule has 0 heterocycles. The molecule has 2 unspecified atom stereocenters. The quantitative estimate of drug-likeness (QED) is 0.326. The van der Waals surface area contributed by atoms with E-state index in [1.165, 1.54) is 18.4 Å². The molecule has 2 heteroatoms. The number of carbonyl (C=O) groups is 1. The zero-order chi connectivity index (χ0) is 19.9. The molecule has 0 aliphatic heterocycles. The molecule has 2 nitrogen and oxygen atoms in total. The highest BCUT2D eigenvalue weighted by Crippen LogP contribution is 2.25. The third-order valence-corrected chi connectivity index (χ3v) is 3.46. The van der Waals surface area contributed by atoms with E-state index in [1.807, 2.05) is 20.8 Å². The Hall–Kier alpha value is -2.09. The molecule has 0 saturated heterocycles. The summed E-state index contributed by atoms with van der Waals surface area (Å²) in [6.45, 7) is 23.1. The van der Waals surface area contributed by atoms with Crippen molar-refractivity contribution in [3.8, 4) is 0 Å². The fourth-order valence-corrected chi connectivity index (χ4v) is 2.14. The van der Waals surface area contributed by atoms with Crippen molar-refractivity contribution in [2.75, 3.05) is 0 Å². The van der Waals surface area contributed by atoms with Gasteiger partial charge in [-0.25, -0.2) is 4.79 Å². The van der Waals surface area contributed by atoms with Crippen molar-refractivity contribution in [2.45, 2.75) is 59.0 Å². The fourth-order valence-electron chi connectivity index (χ4n) is 2.14. The minimum atomic E-state index is -0.398. The molecule has 1 aromatic carbocycles. The molecule has 1 rings (SSSR count). The molecule has 0 saturated carbocycles. The third kappa shape index (κ3) is 14.0. The zero-order valence-corrected chi connectivity index (χ0v) is 16.8. The lowest BCUT2D eigenvalue weighted by molar-refractivity contribution is -0.148. The van der Waals surface area contributed by atoms with Crippen LogP contribution in [0, 0.1) is 5.92 Å². The predicted molar refractivity (Wildman–Crippen MR) is 111 cm³/mol. The van der Waals surface area contributed by atoms with Crippen LogP contribution in [0.25, 0.3) is 0 Å². The van der Waals surface area contributed by atoms with Crippen molar-refractivity contribution in [1.82, 2.24) is 0 Å². The number of esters is 1. The number of hydrogen-bond acceptors (Lipinski definition) is 2. The number of ether oxygens (including phenoxy) is 1. The van der Waals surface area contributed by atoms with Gasteiger partial charge in [-0.3, -0.25) is 0 Å². The Balaban J connectivity index is 0. The van der Waals surface area contributed by atoms with Crippen molar-refractivity contribution in [3.05, 3.63) is 74.4 Å². The topological polar surface area (TPSA) is 26.3 Å². The summed E-state index contributed by atoms with van der Waals surface area (Å²) in [6, 6.07) is 10.7. The Bertz CT molecular complexity index is 483. The van der Waals surface area contributed by atoms with Crippen molar-refractivity contribution >= 4 is 5.97 Å². The van der Waals surface area contributed by atoms with Crippen LogP contribution in [-0.4, -0.2) is 11.6 Å². The second kappa shape index (κ2) is 14.3. The maximum absolute atomic E-state index is 10.5. The van der Waals surface area contributed by atoms with Gasteiger partial charge in [0.1, 0.15) is 5.60 Å². The SMILES string of the molecule is C=C.C=CC(=O)OC(C)(C)C.C=CC(CC)CC(C)c1ccccc1. The lowest BCUT2D eigenvalue weighted by Crippen LogP contribution is -2.22. The van der Waals surface area contributed by atoms with E-state index in [-0.39, 0.29) is 5.97 Å². The Morgan fingerprint density at radius 3 is 2.00 bits per heavy atom. The summed E-state index contributed by atoms with van der Waals surface area (Å²) in [7, 11) is 0. The van der Waals surface area contributed by atoms with Gasteiger partial charge >= 0.3 is 5.97 Å². The number of carbonyl (C=O) groups excluding carboxylic acids is 1. The highest BCUT2D eigenvalue weighted by atomic mass is 16.6. The molecular formula is C23H36O2. The summed E-state index contributed by atoms with van der Waals surface area (Å²) >= 11 is 0. The van der Waals surface area contributed by atoms with Gasteiger partial charge in [0.25, 0.3) is 0 Å². The first-order valence-electron chi connectivity index (χ1n) is 8.76. The molecule has 0 aliphatic rings. The van der Waals surface area contributed by atoms with Crippen LogP contribution in [0.2, 0.25) is 0 Å². The first-order chi connectivity index (χ1) is 11.7. The van der Waals surface area contributed by atoms with E-state index in [9.17, 15) is 4.79 Å². The molecule has 25 heavy (non-hydrogen) atoms. The van der Waals surface area contributed by atoms with Crippen molar-refractivity contribution in [1.29, 1.82) is 0 Å². The number of benzene rings is 1. The summed E-state index contributed by atoms with van der Waals surface area (Å²) < 4.78 is 4.83. The van der Waals surface area contributed by atoms with E-state index in [2.05, 4.69) is 76.6 Å². The van der Waals surface area contributed by atoms with Gasteiger partial charge in [-0.1, -0.05) is 56.8 Å². The summed E-state index contributed by atoms with van der Waals surface area (Å²) in [5.74, 6) is 0.923. The van der Waals surface area contributed by atoms with Gasteiger partial charge in [0, 0.05) is 6.08 Å². The number of allylic oxidation sites excluding steroid dienone is 1. The van der Waals surface area contributed by atoms with Gasteiger partial charge in [-0.2, -0.15) is 0 Å². The van der Waals surface area contributed by atoms with Crippen molar-refractivity contribution in [3.63, 3.8) is 0 Å². The van der Waals surface area contributed by atoms with Crippen LogP contribution in [-0.2, 0) is 9.53 Å². The summed E-state index contributed by atoms with van der Waals surface area (Å²) in [6.07, 6.45) is 5.65. The van der Waals surface area contributed by atoms with Crippen molar-refractivity contribution < 1.29 is 9.53 Å². The molecule has 0 aliphatic carbocycles. The van der Waals surface area contributed by atoms with Crippen LogP contribution in [0.15, 0.2) is 68.8 Å². The average Bonchev–Trinajstić information content (AvgIpc) is 2.61. The molecular weight excluding hydrogens is 308 g/mol. The molecule has 1 aromatic rings. The maximum Gasteiger partial charge on any atom is 0.330 e. The van der Waals surface area contributed by atoms with E-state index >= 15 is 0 Å². The third-order valence-electron chi connectivity index (χ3n) is 3.46. The molecule has 0 spiro atoms. The first-order valence-corrected chi connectivity index (χ1v) is 8.76. The van der Waals surface area contributed by atoms with Crippen LogP contribution in [0.1, 0.15) is 58.9 Å². The second-order valence-corrected chi connectivity index (χ2v) is 6.69. The molecule has 0 bridgehead atoms. The van der Waals surface area contributed by atoms with E-state index in [0.29, 0.717) is 11.8 Å². The zero-order valence-electron chi connectivity index (χ0n) is 16.8. The lowest BCUT2D eigenvalue weighted by Gasteiger charge is -2.17. The second-order valence-electron chi connectivity index (χ2n) is 6.69. The summed E-state index contributed by atoms with van der Waals surface area (Å²) in [5, 5.41) is 0. The standard InChI is InChI=1S/C14H20.C7H12O2.C2H4/c1-4-13(5-2)11-12(3)14-9-7-6-8-10-14;1-5-6(8)9-7(2,3)4;1-2/h4,6-10,12-13H,1,5,11H2,2-3H3;5H,1H2,2-4H3;1-2H2. The molecule has 0 fully saturated rings. The van der Waals surface area contributed by atoms with Gasteiger partial charge in [0.15, 0.2) is 0 Å². The number of hydrogen-bond donors (Lipinski definition) is 0. The van der Waals surface area contributed by atoms with Gasteiger partial charge in [-0.05, 0) is 51.0 Å². The molecule has 0 radical (unpaired) electrons. The molecule has 2 atom stereocenters. The van der Waals surface area contributed by atoms with Gasteiger partial charge < -0.3 is 4.74 Å². The van der Waals surface area contributed by atoms with Gasteiger partial charge in [0.2, 0.25) is 0 Å². The smallest absolute Gasteiger partial charge is 0.330 e. The minimum Gasteiger partial charge on any atom is -0.457 e. The molecule has 0 aromatic heterocycles. The monoisotopic (exact) mass is 344 g/mol. The average molecular weight is 345 g/mol. The van der Waals surface area contributed by atoms with E-state index in [1.54, 1.807) is 0 Å². The van der Waals surface area contributed by atoms with E-state index in [0.717, 1.165) is 6.08 Å². The Labute approximate surface area is 155 Å². The van der Waals surface area contributed by atoms with Crippen molar-refractivity contribution in [2.24, 2.45) is 5.92 Å². The molecule has 0 amide bonds. The summed E-state index contributed by atoms with van der Waals surface area (Å²) in [5.41, 5.74) is 1.04. The van der Waals surface area contributed by atoms with Crippen LogP contribution >= 0.6 is 0 Å². The van der Waals surface area contributed by atoms with Crippen LogP contribution < -0.4 is 0 Å². The Morgan fingerprint density at radius 1 is 1.16 bits per heavy atom. The summed E-state index contributed by atoms with van der Waals surface area (Å²) in [4.78, 5) is 10.5. The van der Waals surface area contributed by atoms with Crippen LogP contribution in [0.3, 0.4) is 0 Å². The first kappa shape index (κ1) is 25.2. The normalized spacial score (nSPS) is 12.2. The largest absolute Gasteiger partial charge is 0.457 e. The maximum atomic E-state index is 10.5. The number of rotatable bonds is 6. The lowest BCUT2D eigenvalue weighted by atomic mass is 9.89. The predicted octanol–water partition coefficient (Wildman–Crippen LogP) is 6.71. The molecule has 0 N–H and O–H groups in total. The van der Waals surface area contributed by atoms with Crippen LogP contribution in [0.4, 0.5) is 0 Å². The fraction of sp³-hybridized carbons (Fsp3) is 0.435. The van der Waals surface area contributed by atoms with Gasteiger partial charge in [-0.15, -0.1) is 19.7 Å². The van der Waals surface area contributed by atoms with Crippen LogP contribution in [0.5, 0.6) is 0 Å². The van der Waals surface area contributed by atoms with E-state index in [4.69, 9.17) is 4.74 Å². The highest BCUT2D eigenvalue weighted by molar-refractivity contribution is 5.81.